The van der Waals surface area contributed by atoms with Crippen LogP contribution in [0.1, 0.15) is 0 Å². The second-order valence-electron chi connectivity index (χ2n) is 13.7. The van der Waals surface area contributed by atoms with E-state index in [9.17, 15) is 0 Å². The van der Waals surface area contributed by atoms with E-state index in [0.717, 1.165) is 72.2 Å². The van der Waals surface area contributed by atoms with Crippen LogP contribution in [0.5, 0.6) is 0 Å². The van der Waals surface area contributed by atoms with E-state index in [1.165, 1.54) is 0 Å². The van der Waals surface area contributed by atoms with Gasteiger partial charge in [0.1, 0.15) is 0 Å². The molecule has 8 aromatic carbocycles. The molecule has 0 aliphatic carbocycles. The highest BCUT2D eigenvalue weighted by molar-refractivity contribution is 6.11. The van der Waals surface area contributed by atoms with Crippen LogP contribution in [0.25, 0.3) is 72.8 Å². The standard InChI is InChI=1S/C51H35N5/c1-6-16-36(17-7-1)38-26-28-40(29-27-38)50-52-49(39-20-10-3-11-21-39)53-51(54-50)56-47-34-41(37-18-8-2-9-19-37)30-32-45(47)46-33-31-44(35-48(46)56)55(42-22-12-4-13-23-42)43-24-14-5-15-25-43/h1-35H. The number of aromatic nitrogens is 4. The Balaban J connectivity index is 1.23. The zero-order chi connectivity index (χ0) is 37.3. The summed E-state index contributed by atoms with van der Waals surface area (Å²) in [6.45, 7) is 0. The van der Waals surface area contributed by atoms with E-state index >= 15 is 0 Å². The normalized spacial score (nSPS) is 11.2. The molecule has 0 atom stereocenters. The first-order valence-corrected chi connectivity index (χ1v) is 18.8. The molecule has 10 aromatic rings. The van der Waals surface area contributed by atoms with Crippen molar-refractivity contribution in [2.24, 2.45) is 0 Å². The zero-order valence-corrected chi connectivity index (χ0v) is 30.4. The predicted molar refractivity (Wildman–Crippen MR) is 231 cm³/mol. The van der Waals surface area contributed by atoms with Gasteiger partial charge in [0.05, 0.1) is 11.0 Å². The summed E-state index contributed by atoms with van der Waals surface area (Å²) in [6, 6.07) is 74.0. The molecule has 0 saturated carbocycles. The van der Waals surface area contributed by atoms with Gasteiger partial charge in [-0.05, 0) is 64.7 Å². The summed E-state index contributed by atoms with van der Waals surface area (Å²) >= 11 is 0. The van der Waals surface area contributed by atoms with Crippen molar-refractivity contribution in [3.63, 3.8) is 0 Å². The van der Waals surface area contributed by atoms with Crippen LogP contribution in [0.15, 0.2) is 212 Å². The molecule has 0 radical (unpaired) electrons. The maximum Gasteiger partial charge on any atom is 0.238 e. The van der Waals surface area contributed by atoms with Crippen LogP contribution in [0.3, 0.4) is 0 Å². The lowest BCUT2D eigenvalue weighted by molar-refractivity contribution is 0.953. The first kappa shape index (κ1) is 33.0. The molecular weight excluding hydrogens is 683 g/mol. The van der Waals surface area contributed by atoms with Gasteiger partial charge in [0.2, 0.25) is 5.95 Å². The summed E-state index contributed by atoms with van der Waals surface area (Å²) in [4.78, 5) is 17.9. The maximum atomic E-state index is 5.29. The quantitative estimate of drug-likeness (QED) is 0.157. The lowest BCUT2D eigenvalue weighted by Crippen LogP contribution is -2.10. The number of para-hydroxylation sites is 2. The molecule has 2 heterocycles. The zero-order valence-electron chi connectivity index (χ0n) is 30.4. The third-order valence-electron chi connectivity index (χ3n) is 10.3. The van der Waals surface area contributed by atoms with Crippen molar-refractivity contribution >= 4 is 38.9 Å². The molecule has 0 unspecified atom stereocenters. The van der Waals surface area contributed by atoms with E-state index < -0.39 is 0 Å². The Morgan fingerprint density at radius 3 is 1.25 bits per heavy atom. The van der Waals surface area contributed by atoms with Gasteiger partial charge in [0, 0.05) is 39.0 Å². The van der Waals surface area contributed by atoms with Gasteiger partial charge >= 0.3 is 0 Å². The lowest BCUT2D eigenvalue weighted by Gasteiger charge is -2.25. The Hall–Kier alpha value is -7.63. The minimum absolute atomic E-state index is 0.550. The molecule has 0 fully saturated rings. The fourth-order valence-corrected chi connectivity index (χ4v) is 7.53. The van der Waals surface area contributed by atoms with Gasteiger partial charge in [0.25, 0.3) is 0 Å². The summed E-state index contributed by atoms with van der Waals surface area (Å²) < 4.78 is 2.21. The van der Waals surface area contributed by atoms with Crippen molar-refractivity contribution in [3.05, 3.63) is 212 Å². The molecule has 56 heavy (non-hydrogen) atoms. The van der Waals surface area contributed by atoms with E-state index in [-0.39, 0.29) is 0 Å². The van der Waals surface area contributed by atoms with E-state index in [1.54, 1.807) is 0 Å². The van der Waals surface area contributed by atoms with E-state index in [1.807, 2.05) is 24.3 Å². The molecule has 0 saturated heterocycles. The largest absolute Gasteiger partial charge is 0.310 e. The highest BCUT2D eigenvalue weighted by atomic mass is 15.2. The molecule has 0 amide bonds. The first-order chi connectivity index (χ1) is 27.8. The molecule has 0 spiro atoms. The topological polar surface area (TPSA) is 46.8 Å². The molecule has 5 nitrogen and oxygen atoms in total. The van der Waals surface area contributed by atoms with Gasteiger partial charge in [-0.1, -0.05) is 170 Å². The molecule has 0 aliphatic heterocycles. The van der Waals surface area contributed by atoms with Crippen molar-refractivity contribution in [2.75, 3.05) is 4.90 Å². The first-order valence-electron chi connectivity index (χ1n) is 18.8. The van der Waals surface area contributed by atoms with Crippen molar-refractivity contribution in [2.45, 2.75) is 0 Å². The summed E-state index contributed by atoms with van der Waals surface area (Å²) in [6.07, 6.45) is 0. The highest BCUT2D eigenvalue weighted by Gasteiger charge is 2.21. The number of hydrogen-bond acceptors (Lipinski definition) is 4. The number of fused-ring (bicyclic) bond motifs is 3. The summed E-state index contributed by atoms with van der Waals surface area (Å²) in [5, 5.41) is 2.23. The van der Waals surface area contributed by atoms with Crippen molar-refractivity contribution in [3.8, 4) is 51.0 Å². The Bertz CT molecular complexity index is 2890. The van der Waals surface area contributed by atoms with Crippen molar-refractivity contribution < 1.29 is 0 Å². The Labute approximate surface area is 325 Å². The van der Waals surface area contributed by atoms with Crippen molar-refractivity contribution in [1.29, 1.82) is 0 Å². The van der Waals surface area contributed by atoms with E-state index in [4.69, 9.17) is 15.0 Å². The summed E-state index contributed by atoms with van der Waals surface area (Å²) in [7, 11) is 0. The minimum Gasteiger partial charge on any atom is -0.310 e. The number of benzene rings is 8. The van der Waals surface area contributed by atoms with Crippen LogP contribution < -0.4 is 4.90 Å². The molecule has 2 aromatic heterocycles. The van der Waals surface area contributed by atoms with Gasteiger partial charge < -0.3 is 4.90 Å². The molecule has 5 heteroatoms. The maximum absolute atomic E-state index is 5.29. The van der Waals surface area contributed by atoms with Crippen LogP contribution >= 0.6 is 0 Å². The second kappa shape index (κ2) is 14.3. The number of rotatable bonds is 8. The monoisotopic (exact) mass is 717 g/mol. The van der Waals surface area contributed by atoms with Gasteiger partial charge in [0.15, 0.2) is 11.6 Å². The highest BCUT2D eigenvalue weighted by Crippen LogP contribution is 2.40. The van der Waals surface area contributed by atoms with Gasteiger partial charge in [-0.25, -0.2) is 4.98 Å². The SMILES string of the molecule is c1ccc(-c2ccc(-c3nc(-c4ccccc4)nc(-n4c5cc(-c6ccccc6)ccc5c5ccc(N(c6ccccc6)c6ccccc6)cc54)n3)cc2)cc1. The number of nitrogens with zero attached hydrogens (tertiary/aromatic N) is 5. The van der Waals surface area contributed by atoms with Crippen LogP contribution in [-0.2, 0) is 0 Å². The van der Waals surface area contributed by atoms with Gasteiger partial charge in [-0.15, -0.1) is 0 Å². The smallest absolute Gasteiger partial charge is 0.238 e. The third-order valence-corrected chi connectivity index (χ3v) is 10.3. The lowest BCUT2D eigenvalue weighted by atomic mass is 10.0. The van der Waals surface area contributed by atoms with Crippen LogP contribution in [-0.4, -0.2) is 19.5 Å². The Morgan fingerprint density at radius 1 is 0.304 bits per heavy atom. The number of hydrogen-bond donors (Lipinski definition) is 0. The molecule has 264 valence electrons. The van der Waals surface area contributed by atoms with Crippen molar-refractivity contribution in [1.82, 2.24) is 19.5 Å². The summed E-state index contributed by atoms with van der Waals surface area (Å²) in [5.74, 6) is 1.77. The van der Waals surface area contributed by atoms with Crippen LogP contribution in [0.4, 0.5) is 17.1 Å². The Morgan fingerprint density at radius 2 is 0.696 bits per heavy atom. The summed E-state index contributed by atoms with van der Waals surface area (Å²) in [5.41, 5.74) is 11.6. The minimum atomic E-state index is 0.550. The second-order valence-corrected chi connectivity index (χ2v) is 13.7. The molecule has 10 rings (SSSR count). The van der Waals surface area contributed by atoms with Gasteiger partial charge in [-0.2, -0.15) is 9.97 Å². The average molecular weight is 718 g/mol. The van der Waals surface area contributed by atoms with E-state index in [0.29, 0.717) is 17.6 Å². The Kier molecular flexibility index (Phi) is 8.43. The van der Waals surface area contributed by atoms with E-state index in [2.05, 4.69) is 198 Å². The fraction of sp³-hybridized carbons (Fsp3) is 0. The molecule has 0 bridgehead atoms. The predicted octanol–water partition coefficient (Wildman–Crippen LogP) is 13.1. The molecular formula is C51H35N5. The fourth-order valence-electron chi connectivity index (χ4n) is 7.53. The molecule has 0 N–H and O–H groups in total. The van der Waals surface area contributed by atoms with Gasteiger partial charge in [-0.3, -0.25) is 4.57 Å². The molecule has 0 aliphatic rings. The van der Waals surface area contributed by atoms with Crippen LogP contribution in [0, 0.1) is 0 Å². The third kappa shape index (κ3) is 6.17. The number of anilines is 3. The average Bonchev–Trinajstić information content (AvgIpc) is 3.61. The van der Waals surface area contributed by atoms with Crippen LogP contribution in [0.2, 0.25) is 0 Å².